The van der Waals surface area contributed by atoms with Crippen LogP contribution in [0.4, 0.5) is 0 Å². The molecule has 2 aromatic heterocycles. The van der Waals surface area contributed by atoms with Crippen LogP contribution in [-0.4, -0.2) is 37.6 Å². The first-order valence-electron chi connectivity index (χ1n) is 8.65. The van der Waals surface area contributed by atoms with Gasteiger partial charge in [0.1, 0.15) is 21.2 Å². The van der Waals surface area contributed by atoms with Gasteiger partial charge in [0.15, 0.2) is 6.61 Å². The van der Waals surface area contributed by atoms with E-state index in [0.29, 0.717) is 21.9 Å². The van der Waals surface area contributed by atoms with Crippen molar-refractivity contribution in [2.24, 2.45) is 0 Å². The maximum absolute atomic E-state index is 12.6. The standard InChI is InChI=1S/C21H21NO5S/c1-11-8-12(2)22-20-18(11)13(3)19(28-20)21(24)27-10-16(23)15-9-14(25-4)6-7-17(15)26-5/h6-9H,10H2,1-5H3. The van der Waals surface area contributed by atoms with E-state index in [2.05, 4.69) is 4.98 Å². The molecule has 0 saturated carbocycles. The molecule has 28 heavy (non-hydrogen) atoms. The van der Waals surface area contributed by atoms with E-state index in [4.69, 9.17) is 14.2 Å². The van der Waals surface area contributed by atoms with E-state index < -0.39 is 5.97 Å². The largest absolute Gasteiger partial charge is 0.497 e. The Morgan fingerprint density at radius 1 is 1.07 bits per heavy atom. The van der Waals surface area contributed by atoms with Crippen LogP contribution in [0, 0.1) is 20.8 Å². The van der Waals surface area contributed by atoms with Crippen molar-refractivity contribution in [3.05, 3.63) is 51.5 Å². The zero-order valence-electron chi connectivity index (χ0n) is 16.4. The number of esters is 1. The molecule has 1 aromatic carbocycles. The predicted molar refractivity (Wildman–Crippen MR) is 108 cm³/mol. The van der Waals surface area contributed by atoms with E-state index >= 15 is 0 Å². The van der Waals surface area contributed by atoms with Gasteiger partial charge in [0.05, 0.1) is 19.8 Å². The lowest BCUT2D eigenvalue weighted by atomic mass is 10.1. The molecule has 0 aliphatic heterocycles. The smallest absolute Gasteiger partial charge is 0.349 e. The quantitative estimate of drug-likeness (QED) is 0.455. The van der Waals surface area contributed by atoms with Gasteiger partial charge in [-0.1, -0.05) is 0 Å². The van der Waals surface area contributed by atoms with Crippen molar-refractivity contribution in [3.8, 4) is 11.5 Å². The van der Waals surface area contributed by atoms with Crippen molar-refractivity contribution in [1.29, 1.82) is 0 Å². The molecule has 0 atom stereocenters. The molecule has 3 rings (SSSR count). The number of ketones is 1. The Kier molecular flexibility index (Phi) is 5.65. The minimum atomic E-state index is -0.534. The van der Waals surface area contributed by atoms with Crippen molar-refractivity contribution in [1.82, 2.24) is 4.98 Å². The maximum Gasteiger partial charge on any atom is 0.349 e. The van der Waals surface area contributed by atoms with Crippen LogP contribution in [0.1, 0.15) is 36.9 Å². The number of carbonyl (C=O) groups is 2. The van der Waals surface area contributed by atoms with Crippen molar-refractivity contribution < 1.29 is 23.8 Å². The van der Waals surface area contributed by atoms with E-state index in [1.54, 1.807) is 18.2 Å². The summed E-state index contributed by atoms with van der Waals surface area (Å²) in [7, 11) is 2.99. The fraction of sp³-hybridized carbons (Fsp3) is 0.286. The Morgan fingerprint density at radius 2 is 1.82 bits per heavy atom. The van der Waals surface area contributed by atoms with Gasteiger partial charge < -0.3 is 14.2 Å². The molecule has 0 bridgehead atoms. The summed E-state index contributed by atoms with van der Waals surface area (Å²) in [6, 6.07) is 6.88. The summed E-state index contributed by atoms with van der Waals surface area (Å²) >= 11 is 1.28. The summed E-state index contributed by atoms with van der Waals surface area (Å²) in [5, 5.41) is 0.961. The van der Waals surface area contributed by atoms with Crippen molar-refractivity contribution in [2.75, 3.05) is 20.8 Å². The van der Waals surface area contributed by atoms with Gasteiger partial charge in [0.25, 0.3) is 0 Å². The third-order valence-corrected chi connectivity index (χ3v) is 5.62. The molecule has 0 aliphatic rings. The first-order chi connectivity index (χ1) is 13.3. The number of rotatable bonds is 6. The van der Waals surface area contributed by atoms with E-state index in [-0.39, 0.29) is 12.4 Å². The molecule has 3 aromatic rings. The number of nitrogens with zero attached hydrogens (tertiary/aromatic N) is 1. The molecule has 6 nitrogen and oxygen atoms in total. The highest BCUT2D eigenvalue weighted by molar-refractivity contribution is 7.20. The number of hydrogen-bond donors (Lipinski definition) is 0. The highest BCUT2D eigenvalue weighted by Gasteiger charge is 2.21. The third kappa shape index (κ3) is 3.71. The molecule has 7 heteroatoms. The Balaban J connectivity index is 1.81. The van der Waals surface area contributed by atoms with Gasteiger partial charge in [-0.15, -0.1) is 11.3 Å². The number of thiophene rings is 1. The number of aromatic nitrogens is 1. The second-order valence-electron chi connectivity index (χ2n) is 6.38. The number of hydrogen-bond acceptors (Lipinski definition) is 7. The average Bonchev–Trinajstić information content (AvgIpc) is 3.01. The van der Waals surface area contributed by atoms with Crippen molar-refractivity contribution in [2.45, 2.75) is 20.8 Å². The van der Waals surface area contributed by atoms with Crippen molar-refractivity contribution in [3.63, 3.8) is 0 Å². The van der Waals surface area contributed by atoms with Gasteiger partial charge >= 0.3 is 5.97 Å². The van der Waals surface area contributed by atoms with Gasteiger partial charge in [-0.25, -0.2) is 9.78 Å². The molecule has 0 fully saturated rings. The Bertz CT molecular complexity index is 1070. The van der Waals surface area contributed by atoms with Gasteiger partial charge in [-0.05, 0) is 56.2 Å². The Labute approximate surface area is 167 Å². The normalized spacial score (nSPS) is 10.8. The van der Waals surface area contributed by atoms with Crippen LogP contribution in [0.15, 0.2) is 24.3 Å². The van der Waals surface area contributed by atoms with Crippen LogP contribution >= 0.6 is 11.3 Å². The molecule has 0 saturated heterocycles. The number of Topliss-reactive ketones (excluding diaryl/α,β-unsaturated/α-hetero) is 1. The number of carbonyl (C=O) groups excluding carboxylic acids is 2. The Morgan fingerprint density at radius 3 is 2.50 bits per heavy atom. The molecular formula is C21H21NO5S. The van der Waals surface area contributed by atoms with E-state index in [1.807, 2.05) is 26.8 Å². The van der Waals surface area contributed by atoms with Crippen LogP contribution in [0.3, 0.4) is 0 Å². The molecule has 146 valence electrons. The van der Waals surface area contributed by atoms with Gasteiger partial charge in [0.2, 0.25) is 5.78 Å². The minimum absolute atomic E-state index is 0.302. The number of fused-ring (bicyclic) bond motifs is 1. The van der Waals surface area contributed by atoms with E-state index in [9.17, 15) is 9.59 Å². The zero-order chi connectivity index (χ0) is 20.4. The van der Waals surface area contributed by atoms with E-state index in [0.717, 1.165) is 27.0 Å². The highest BCUT2D eigenvalue weighted by atomic mass is 32.1. The van der Waals surface area contributed by atoms with E-state index in [1.165, 1.54) is 25.6 Å². The number of benzene rings is 1. The predicted octanol–water partition coefficient (Wildman–Crippen LogP) is 4.28. The number of pyridine rings is 1. The van der Waals surface area contributed by atoms with Crippen LogP contribution < -0.4 is 9.47 Å². The molecular weight excluding hydrogens is 378 g/mol. The molecule has 0 unspecified atom stereocenters. The summed E-state index contributed by atoms with van der Waals surface area (Å²) in [6.45, 7) is 5.39. The minimum Gasteiger partial charge on any atom is -0.497 e. The summed E-state index contributed by atoms with van der Waals surface area (Å²) in [4.78, 5) is 30.9. The van der Waals surface area contributed by atoms with Crippen LogP contribution in [0.25, 0.3) is 10.2 Å². The second kappa shape index (κ2) is 7.98. The van der Waals surface area contributed by atoms with Crippen molar-refractivity contribution >= 4 is 33.3 Å². The average molecular weight is 399 g/mol. The first-order valence-corrected chi connectivity index (χ1v) is 9.47. The van der Waals surface area contributed by atoms with Gasteiger partial charge in [-0.2, -0.15) is 0 Å². The SMILES string of the molecule is COc1ccc(OC)c(C(=O)COC(=O)c2sc3nc(C)cc(C)c3c2C)c1. The lowest BCUT2D eigenvalue weighted by molar-refractivity contribution is 0.0478. The molecule has 0 N–H and O–H groups in total. The van der Waals surface area contributed by atoms with Crippen LogP contribution in [0.5, 0.6) is 11.5 Å². The third-order valence-electron chi connectivity index (χ3n) is 4.45. The monoisotopic (exact) mass is 399 g/mol. The fourth-order valence-corrected chi connectivity index (χ4v) is 4.32. The fourth-order valence-electron chi connectivity index (χ4n) is 3.12. The summed E-state index contributed by atoms with van der Waals surface area (Å²) in [5.74, 6) is 0.0173. The lowest BCUT2D eigenvalue weighted by Crippen LogP contribution is -2.15. The number of methoxy groups -OCH3 is 2. The van der Waals surface area contributed by atoms with Crippen LogP contribution in [-0.2, 0) is 4.74 Å². The second-order valence-corrected chi connectivity index (χ2v) is 7.38. The highest BCUT2D eigenvalue weighted by Crippen LogP contribution is 2.33. The summed E-state index contributed by atoms with van der Waals surface area (Å²) in [6.07, 6.45) is 0. The topological polar surface area (TPSA) is 74.7 Å². The van der Waals surface area contributed by atoms with Gasteiger partial charge in [-0.3, -0.25) is 4.79 Å². The molecule has 0 radical (unpaired) electrons. The lowest BCUT2D eigenvalue weighted by Gasteiger charge is -2.10. The number of ether oxygens (including phenoxy) is 3. The molecule has 2 heterocycles. The summed E-state index contributed by atoms with van der Waals surface area (Å²) in [5.41, 5.74) is 3.08. The zero-order valence-corrected chi connectivity index (χ0v) is 17.2. The van der Waals surface area contributed by atoms with Crippen LogP contribution in [0.2, 0.25) is 0 Å². The van der Waals surface area contributed by atoms with Gasteiger partial charge in [0, 0.05) is 11.1 Å². The number of aryl methyl sites for hydroxylation is 3. The molecule has 0 spiro atoms. The maximum atomic E-state index is 12.6. The molecule has 0 aliphatic carbocycles. The molecule has 0 amide bonds. The first kappa shape index (κ1) is 19.8. The summed E-state index contributed by atoms with van der Waals surface area (Å²) < 4.78 is 15.7. The Hall–Kier alpha value is -2.93.